The summed E-state index contributed by atoms with van der Waals surface area (Å²) in [6.45, 7) is 0.484. The number of benzene rings is 2. The summed E-state index contributed by atoms with van der Waals surface area (Å²) in [6.07, 6.45) is 1.73. The molecule has 0 saturated carbocycles. The van der Waals surface area contributed by atoms with Crippen LogP contribution in [0.25, 0.3) is 0 Å². The zero-order valence-electron chi connectivity index (χ0n) is 12.5. The molecular weight excluding hydrogens is 331 g/mol. The van der Waals surface area contributed by atoms with Crippen LogP contribution in [0, 0.1) is 5.82 Å². The van der Waals surface area contributed by atoms with E-state index in [4.69, 9.17) is 11.6 Å². The van der Waals surface area contributed by atoms with Gasteiger partial charge in [0.2, 0.25) is 0 Å². The number of carbonyl (C=O) groups is 1. The van der Waals surface area contributed by atoms with Crippen molar-refractivity contribution in [2.24, 2.45) is 0 Å². The molecule has 0 bridgehead atoms. The average molecular weight is 345 g/mol. The van der Waals surface area contributed by atoms with Crippen LogP contribution in [0.3, 0.4) is 0 Å². The van der Waals surface area contributed by atoms with Gasteiger partial charge < -0.3 is 5.32 Å². The second-order valence-corrected chi connectivity index (χ2v) is 5.55. The fraction of sp³-hybridized carbons (Fsp3) is 0.0588. The minimum Gasteiger partial charge on any atom is -0.308 e. The van der Waals surface area contributed by atoms with Crippen molar-refractivity contribution in [1.82, 2.24) is 9.78 Å². The Kier molecular flexibility index (Phi) is 4.77. The number of anilines is 2. The summed E-state index contributed by atoms with van der Waals surface area (Å²) in [7, 11) is 0. The van der Waals surface area contributed by atoms with Gasteiger partial charge in [0.1, 0.15) is 5.82 Å². The molecule has 5 nitrogen and oxygen atoms in total. The third-order valence-electron chi connectivity index (χ3n) is 3.22. The molecule has 0 radical (unpaired) electrons. The van der Waals surface area contributed by atoms with Crippen LogP contribution in [-0.2, 0) is 6.54 Å². The van der Waals surface area contributed by atoms with Gasteiger partial charge in [-0.3, -0.25) is 10.00 Å². The molecule has 0 aliphatic rings. The van der Waals surface area contributed by atoms with E-state index in [0.717, 1.165) is 5.56 Å². The molecule has 0 atom stereocenters. The highest BCUT2D eigenvalue weighted by Crippen LogP contribution is 2.15. The molecule has 0 aliphatic carbocycles. The van der Waals surface area contributed by atoms with Crippen LogP contribution in [0.5, 0.6) is 0 Å². The lowest BCUT2D eigenvalue weighted by molar-refractivity contribution is 0.262. The molecule has 2 N–H and O–H groups in total. The molecule has 7 heteroatoms. The highest BCUT2D eigenvalue weighted by molar-refractivity contribution is 6.30. The molecule has 1 heterocycles. The lowest BCUT2D eigenvalue weighted by Gasteiger charge is -2.06. The number of carbonyl (C=O) groups excluding carboxylic acids is 1. The molecule has 3 aromatic rings. The Hall–Kier alpha value is -2.86. The van der Waals surface area contributed by atoms with E-state index in [-0.39, 0.29) is 5.82 Å². The standard InChI is InChI=1S/C17H14ClFN4O/c18-13-2-1-3-15(10-13)20-17(24)21-16-8-9-23(22-16)11-12-4-6-14(19)7-5-12/h1-10H,11H2,(H2,20,21,22,24). The first-order valence-electron chi connectivity index (χ1n) is 7.20. The summed E-state index contributed by atoms with van der Waals surface area (Å²) in [4.78, 5) is 11.9. The minimum absolute atomic E-state index is 0.278. The van der Waals surface area contributed by atoms with Gasteiger partial charge in [0, 0.05) is 23.0 Å². The van der Waals surface area contributed by atoms with Gasteiger partial charge in [-0.05, 0) is 35.9 Å². The first kappa shape index (κ1) is 16.0. The van der Waals surface area contributed by atoms with Gasteiger partial charge in [-0.15, -0.1) is 0 Å². The minimum atomic E-state index is -0.413. The van der Waals surface area contributed by atoms with E-state index in [1.807, 2.05) is 0 Å². The summed E-state index contributed by atoms with van der Waals surface area (Å²) in [5.41, 5.74) is 1.50. The van der Waals surface area contributed by atoms with Crippen LogP contribution in [0.1, 0.15) is 5.56 Å². The molecule has 122 valence electrons. The number of halogens is 2. The number of nitrogens with zero attached hydrogens (tertiary/aromatic N) is 2. The zero-order valence-corrected chi connectivity index (χ0v) is 13.3. The maximum absolute atomic E-state index is 12.9. The maximum atomic E-state index is 12.9. The fourth-order valence-corrected chi connectivity index (χ4v) is 2.33. The summed E-state index contributed by atoms with van der Waals surface area (Å²) >= 11 is 5.87. The van der Waals surface area contributed by atoms with Crippen LogP contribution in [0.2, 0.25) is 5.02 Å². The van der Waals surface area contributed by atoms with Crippen molar-refractivity contribution in [1.29, 1.82) is 0 Å². The van der Waals surface area contributed by atoms with E-state index in [0.29, 0.717) is 23.1 Å². The largest absolute Gasteiger partial charge is 0.324 e. The lowest BCUT2D eigenvalue weighted by atomic mass is 10.2. The van der Waals surface area contributed by atoms with E-state index in [1.54, 1.807) is 53.3 Å². The van der Waals surface area contributed by atoms with Crippen molar-refractivity contribution < 1.29 is 9.18 Å². The van der Waals surface area contributed by atoms with Crippen LogP contribution in [-0.4, -0.2) is 15.8 Å². The summed E-state index contributed by atoms with van der Waals surface area (Å²) in [6, 6.07) is 14.3. The van der Waals surface area contributed by atoms with Gasteiger partial charge in [0.05, 0.1) is 6.54 Å². The van der Waals surface area contributed by atoms with E-state index in [1.165, 1.54) is 12.1 Å². The third kappa shape index (κ3) is 4.33. The lowest BCUT2D eigenvalue weighted by Crippen LogP contribution is -2.19. The van der Waals surface area contributed by atoms with E-state index >= 15 is 0 Å². The van der Waals surface area contributed by atoms with E-state index < -0.39 is 6.03 Å². The van der Waals surface area contributed by atoms with Gasteiger partial charge in [-0.1, -0.05) is 29.8 Å². The number of rotatable bonds is 4. The first-order chi connectivity index (χ1) is 11.6. The van der Waals surface area contributed by atoms with Crippen LogP contribution in [0.4, 0.5) is 20.7 Å². The molecule has 24 heavy (non-hydrogen) atoms. The van der Waals surface area contributed by atoms with Crippen molar-refractivity contribution in [3.05, 3.63) is 77.2 Å². The Balaban J connectivity index is 1.59. The Labute approximate surface area is 143 Å². The molecule has 1 aromatic heterocycles. The number of urea groups is 1. The smallest absolute Gasteiger partial charge is 0.308 e. The Morgan fingerprint density at radius 1 is 1.12 bits per heavy atom. The predicted octanol–water partition coefficient (Wildman–Crippen LogP) is 4.37. The molecule has 2 amide bonds. The normalized spacial score (nSPS) is 10.4. The molecule has 0 saturated heterocycles. The number of amides is 2. The number of hydrogen-bond acceptors (Lipinski definition) is 2. The monoisotopic (exact) mass is 344 g/mol. The SMILES string of the molecule is O=C(Nc1cccc(Cl)c1)Nc1ccn(Cc2ccc(F)cc2)n1. The summed E-state index contributed by atoms with van der Waals surface area (Å²) in [5, 5.41) is 10.1. The first-order valence-corrected chi connectivity index (χ1v) is 7.58. The van der Waals surface area contributed by atoms with Gasteiger partial charge in [0.15, 0.2) is 5.82 Å². The fourth-order valence-electron chi connectivity index (χ4n) is 2.14. The van der Waals surface area contributed by atoms with Crippen molar-refractivity contribution in [2.45, 2.75) is 6.54 Å². The summed E-state index contributed by atoms with van der Waals surface area (Å²) in [5.74, 6) is 0.135. The van der Waals surface area contributed by atoms with E-state index in [9.17, 15) is 9.18 Å². The molecule has 0 unspecified atom stereocenters. The predicted molar refractivity (Wildman–Crippen MR) is 91.8 cm³/mol. The molecule has 2 aromatic carbocycles. The number of hydrogen-bond donors (Lipinski definition) is 2. The quantitative estimate of drug-likeness (QED) is 0.738. The van der Waals surface area contributed by atoms with Gasteiger partial charge >= 0.3 is 6.03 Å². The van der Waals surface area contributed by atoms with Crippen LogP contribution < -0.4 is 10.6 Å². The number of aromatic nitrogens is 2. The van der Waals surface area contributed by atoms with Gasteiger partial charge in [-0.2, -0.15) is 5.10 Å². The molecule has 3 rings (SSSR count). The van der Waals surface area contributed by atoms with Crippen molar-refractivity contribution in [2.75, 3.05) is 10.6 Å². The molecule has 0 spiro atoms. The maximum Gasteiger partial charge on any atom is 0.324 e. The Morgan fingerprint density at radius 3 is 2.67 bits per heavy atom. The average Bonchev–Trinajstić information content (AvgIpc) is 2.96. The zero-order chi connectivity index (χ0) is 16.9. The highest BCUT2D eigenvalue weighted by atomic mass is 35.5. The summed E-state index contributed by atoms with van der Waals surface area (Å²) < 4.78 is 14.5. The van der Waals surface area contributed by atoms with Gasteiger partial charge in [-0.25, -0.2) is 9.18 Å². The van der Waals surface area contributed by atoms with E-state index in [2.05, 4.69) is 15.7 Å². The molecular formula is C17H14ClFN4O. The number of nitrogens with one attached hydrogen (secondary N) is 2. The second-order valence-electron chi connectivity index (χ2n) is 5.11. The topological polar surface area (TPSA) is 59.0 Å². The molecule has 0 fully saturated rings. The van der Waals surface area contributed by atoms with Crippen LogP contribution >= 0.6 is 11.6 Å². The Bertz CT molecular complexity index is 848. The van der Waals surface area contributed by atoms with Crippen molar-refractivity contribution >= 4 is 29.1 Å². The Morgan fingerprint density at radius 2 is 1.92 bits per heavy atom. The third-order valence-corrected chi connectivity index (χ3v) is 3.46. The van der Waals surface area contributed by atoms with Crippen molar-refractivity contribution in [3.63, 3.8) is 0 Å². The van der Waals surface area contributed by atoms with Crippen LogP contribution in [0.15, 0.2) is 60.8 Å². The van der Waals surface area contributed by atoms with Crippen molar-refractivity contribution in [3.8, 4) is 0 Å². The highest BCUT2D eigenvalue weighted by Gasteiger charge is 2.06. The van der Waals surface area contributed by atoms with Gasteiger partial charge in [0.25, 0.3) is 0 Å². The second kappa shape index (κ2) is 7.14. The molecule has 0 aliphatic heterocycles.